The topological polar surface area (TPSA) is 15.6 Å². The molecule has 0 heterocycles. The molecule has 4 heteroatoms. The summed E-state index contributed by atoms with van der Waals surface area (Å²) in [4.78, 5) is 6.39. The van der Waals surface area contributed by atoms with E-state index in [1.54, 1.807) is 0 Å². The minimum Gasteiger partial charge on any atom is -0.366 e. The van der Waals surface area contributed by atoms with Gasteiger partial charge in [-0.1, -0.05) is 0 Å². The fraction of sp³-hybridized carbons (Fsp3) is 0.667. The minimum atomic E-state index is 0.655. The van der Waals surface area contributed by atoms with Crippen molar-refractivity contribution in [2.75, 3.05) is 18.6 Å². The summed E-state index contributed by atoms with van der Waals surface area (Å²) in [6.45, 7) is 7.17. The zero-order valence-electron chi connectivity index (χ0n) is 8.54. The van der Waals surface area contributed by atoms with E-state index in [2.05, 4.69) is 52.7 Å². The molecule has 0 aliphatic heterocycles. The highest BCUT2D eigenvalue weighted by Crippen LogP contribution is 2.04. The number of rotatable bonds is 5. The van der Waals surface area contributed by atoms with Crippen molar-refractivity contribution in [2.24, 2.45) is 4.99 Å². The first-order chi connectivity index (χ1) is 6.15. The molecule has 0 aromatic heterocycles. The van der Waals surface area contributed by atoms with Gasteiger partial charge in [0.15, 0.2) is 0 Å². The number of thiol groups is 1. The third-order valence-electron chi connectivity index (χ3n) is 1.80. The average molecular weight is 213 g/mol. The van der Waals surface area contributed by atoms with Gasteiger partial charge in [0.1, 0.15) is 0 Å². The summed E-state index contributed by atoms with van der Waals surface area (Å²) in [7, 11) is 3.31. The van der Waals surface area contributed by atoms with E-state index in [1.165, 1.54) is 5.70 Å². The highest BCUT2D eigenvalue weighted by atomic mass is 32.1. The van der Waals surface area contributed by atoms with Gasteiger partial charge in [0.25, 0.3) is 0 Å². The molecule has 0 saturated carbocycles. The lowest BCUT2D eigenvalue weighted by atomic mass is 10.3. The summed E-state index contributed by atoms with van der Waals surface area (Å²) < 4.78 is 0. The molecular weight excluding hydrogens is 196 g/mol. The van der Waals surface area contributed by atoms with Crippen LogP contribution in [0.1, 0.15) is 20.8 Å². The van der Waals surface area contributed by atoms with Crippen LogP contribution in [0, 0.1) is 0 Å². The normalized spacial score (nSPS) is 13.3. The van der Waals surface area contributed by atoms with Crippen LogP contribution in [0.25, 0.3) is 0 Å². The van der Waals surface area contributed by atoms with Crippen molar-refractivity contribution in [3.05, 3.63) is 11.8 Å². The first-order valence-corrected chi connectivity index (χ1v) is 5.69. The third kappa shape index (κ3) is 5.16. The molecule has 0 fully saturated rings. The van der Waals surface area contributed by atoms with Crippen molar-refractivity contribution in [1.82, 2.24) is 4.90 Å². The lowest BCUT2D eigenvalue weighted by Gasteiger charge is -2.20. The molecule has 0 bridgehead atoms. The second-order valence-corrected chi connectivity index (χ2v) is 3.34. The Balaban J connectivity index is 4.37. The summed E-state index contributed by atoms with van der Waals surface area (Å²) in [5.74, 6) is 0.750. The Bertz CT molecular complexity index is 198. The van der Waals surface area contributed by atoms with Gasteiger partial charge in [-0.2, -0.15) is 12.6 Å². The molecule has 0 aliphatic rings. The Hall–Kier alpha value is -0.223. The summed E-state index contributed by atoms with van der Waals surface area (Å²) in [5, 5.41) is 0. The predicted octanol–water partition coefficient (Wildman–Crippen LogP) is 1.69. The van der Waals surface area contributed by atoms with Gasteiger partial charge in [0.2, 0.25) is 0 Å². The van der Waals surface area contributed by atoms with Crippen LogP contribution in [0.5, 0.6) is 0 Å². The second-order valence-electron chi connectivity index (χ2n) is 2.74. The second kappa shape index (κ2) is 7.21. The zero-order valence-corrected chi connectivity index (χ0v) is 10.4. The molecule has 0 unspecified atom stereocenters. The van der Waals surface area contributed by atoms with Crippen molar-refractivity contribution in [1.29, 1.82) is 0 Å². The molecule has 13 heavy (non-hydrogen) atoms. The molecular formula is C9H17N2SSi. The summed E-state index contributed by atoms with van der Waals surface area (Å²) >= 11 is 4.25. The highest BCUT2D eigenvalue weighted by Gasteiger charge is 1.99. The SMILES string of the molecule is CCN(CS)/C(C)=C\C(C)=N\C[Si]. The predicted molar refractivity (Wildman–Crippen MR) is 63.7 cm³/mol. The maximum atomic E-state index is 4.25. The molecule has 0 aromatic carbocycles. The third-order valence-corrected chi connectivity index (χ3v) is 2.30. The van der Waals surface area contributed by atoms with Gasteiger partial charge in [-0.25, -0.2) is 0 Å². The first-order valence-electron chi connectivity index (χ1n) is 4.35. The molecule has 0 atom stereocenters. The molecule has 0 rings (SSSR count). The van der Waals surface area contributed by atoms with Crippen molar-refractivity contribution < 1.29 is 0 Å². The van der Waals surface area contributed by atoms with Gasteiger partial charge >= 0.3 is 0 Å². The average Bonchev–Trinajstić information content (AvgIpc) is 2.06. The van der Waals surface area contributed by atoms with Gasteiger partial charge in [-0.3, -0.25) is 4.99 Å². The number of allylic oxidation sites excluding steroid dienone is 2. The van der Waals surface area contributed by atoms with Gasteiger partial charge in [-0.15, -0.1) is 0 Å². The van der Waals surface area contributed by atoms with Crippen LogP contribution in [0.4, 0.5) is 0 Å². The van der Waals surface area contributed by atoms with Crippen molar-refractivity contribution in [3.8, 4) is 0 Å². The van der Waals surface area contributed by atoms with E-state index >= 15 is 0 Å². The Morgan fingerprint density at radius 3 is 2.54 bits per heavy atom. The largest absolute Gasteiger partial charge is 0.366 e. The quantitative estimate of drug-likeness (QED) is 0.318. The Morgan fingerprint density at radius 1 is 1.54 bits per heavy atom. The maximum Gasteiger partial charge on any atom is 0.0606 e. The standard InChI is InChI=1S/C9H17N2SSi/c1-4-11(7-12)9(3)5-8(2)10-6-13/h5,12H,4,6-7H2,1-3H3/b9-5-,10-8+. The number of nitrogens with zero attached hydrogens (tertiary/aromatic N) is 2. The molecule has 0 aliphatic carbocycles. The molecule has 0 N–H and O–H groups in total. The number of hydrogen-bond acceptors (Lipinski definition) is 3. The molecule has 73 valence electrons. The van der Waals surface area contributed by atoms with Gasteiger partial charge < -0.3 is 4.90 Å². The summed E-state index contributed by atoms with van der Waals surface area (Å²) in [6.07, 6.45) is 2.72. The van der Waals surface area contributed by atoms with Crippen LogP contribution in [0.15, 0.2) is 16.8 Å². The van der Waals surface area contributed by atoms with Crippen LogP contribution in [0.2, 0.25) is 0 Å². The first kappa shape index (κ1) is 12.8. The lowest BCUT2D eigenvalue weighted by Crippen LogP contribution is -2.19. The van der Waals surface area contributed by atoms with E-state index in [1.807, 2.05) is 6.92 Å². The Morgan fingerprint density at radius 2 is 2.15 bits per heavy atom. The van der Waals surface area contributed by atoms with E-state index in [0.717, 1.165) is 18.1 Å². The van der Waals surface area contributed by atoms with E-state index < -0.39 is 0 Å². The summed E-state index contributed by atoms with van der Waals surface area (Å²) in [5.41, 5.74) is 2.24. The molecule has 3 radical (unpaired) electrons. The Kier molecular flexibility index (Phi) is 7.08. The van der Waals surface area contributed by atoms with Crippen LogP contribution in [-0.4, -0.2) is 39.4 Å². The number of aliphatic imine (C=N–C) groups is 1. The Labute approximate surface area is 90.0 Å². The van der Waals surface area contributed by atoms with Crippen LogP contribution in [0.3, 0.4) is 0 Å². The van der Waals surface area contributed by atoms with E-state index in [0.29, 0.717) is 6.17 Å². The van der Waals surface area contributed by atoms with Crippen molar-refractivity contribution in [3.63, 3.8) is 0 Å². The van der Waals surface area contributed by atoms with E-state index in [-0.39, 0.29) is 0 Å². The highest BCUT2D eigenvalue weighted by molar-refractivity contribution is 7.80. The molecule has 0 saturated heterocycles. The fourth-order valence-electron chi connectivity index (χ4n) is 1.02. The maximum absolute atomic E-state index is 4.25. The smallest absolute Gasteiger partial charge is 0.0606 e. The van der Waals surface area contributed by atoms with E-state index in [9.17, 15) is 0 Å². The lowest BCUT2D eigenvalue weighted by molar-refractivity contribution is 0.428. The van der Waals surface area contributed by atoms with Crippen molar-refractivity contribution >= 4 is 28.6 Å². The number of hydrogen-bond donors (Lipinski definition) is 1. The molecule has 0 aromatic rings. The van der Waals surface area contributed by atoms with Crippen molar-refractivity contribution in [2.45, 2.75) is 20.8 Å². The monoisotopic (exact) mass is 213 g/mol. The fourth-order valence-corrected chi connectivity index (χ4v) is 1.70. The molecule has 0 spiro atoms. The molecule has 2 nitrogen and oxygen atoms in total. The minimum absolute atomic E-state index is 0.655. The summed E-state index contributed by atoms with van der Waals surface area (Å²) in [6, 6.07) is 0. The van der Waals surface area contributed by atoms with Gasteiger partial charge in [0, 0.05) is 24.1 Å². The van der Waals surface area contributed by atoms with Gasteiger partial charge in [0.05, 0.1) is 16.1 Å². The van der Waals surface area contributed by atoms with Crippen LogP contribution in [-0.2, 0) is 0 Å². The zero-order chi connectivity index (χ0) is 10.3. The van der Waals surface area contributed by atoms with E-state index in [4.69, 9.17) is 0 Å². The van der Waals surface area contributed by atoms with Gasteiger partial charge in [-0.05, 0) is 26.8 Å². The van der Waals surface area contributed by atoms with Crippen LogP contribution < -0.4 is 0 Å². The van der Waals surface area contributed by atoms with Crippen LogP contribution >= 0.6 is 12.6 Å². The molecule has 0 amide bonds.